The average Bonchev–Trinajstić information content (AvgIpc) is 2.27. The van der Waals surface area contributed by atoms with Crippen LogP contribution in [0.3, 0.4) is 0 Å². The van der Waals surface area contributed by atoms with Gasteiger partial charge in [0.25, 0.3) is 0 Å². The number of rotatable bonds is 6. The number of benzene rings is 1. The van der Waals surface area contributed by atoms with Crippen molar-refractivity contribution >= 4 is 5.97 Å². The molecule has 0 amide bonds. The third kappa shape index (κ3) is 5.29. The van der Waals surface area contributed by atoms with E-state index in [0.717, 1.165) is 18.2 Å². The lowest BCUT2D eigenvalue weighted by atomic mass is 10.1. The molecule has 1 aromatic rings. The van der Waals surface area contributed by atoms with Crippen LogP contribution in [0.25, 0.3) is 0 Å². The molecule has 0 aliphatic heterocycles. The van der Waals surface area contributed by atoms with E-state index in [1.54, 1.807) is 0 Å². The van der Waals surface area contributed by atoms with Crippen LogP contribution < -0.4 is 9.47 Å². The van der Waals surface area contributed by atoms with Crippen LogP contribution >= 0.6 is 0 Å². The Morgan fingerprint density at radius 1 is 1.30 bits per heavy atom. The van der Waals surface area contributed by atoms with E-state index in [1.807, 2.05) is 0 Å². The second-order valence-electron chi connectivity index (χ2n) is 3.56. The third-order valence-corrected chi connectivity index (χ3v) is 2.10. The van der Waals surface area contributed by atoms with Crippen molar-refractivity contribution in [3.8, 4) is 11.5 Å². The van der Waals surface area contributed by atoms with Gasteiger partial charge in [-0.25, -0.2) is 0 Å². The van der Waals surface area contributed by atoms with E-state index in [-0.39, 0.29) is 12.0 Å². The van der Waals surface area contributed by atoms with E-state index in [0.29, 0.717) is 0 Å². The predicted octanol–water partition coefficient (Wildman–Crippen LogP) is 3.20. The van der Waals surface area contributed by atoms with Gasteiger partial charge in [-0.15, -0.1) is 13.2 Å². The summed E-state index contributed by atoms with van der Waals surface area (Å²) < 4.78 is 68.6. The summed E-state index contributed by atoms with van der Waals surface area (Å²) in [4.78, 5) is 10.4. The zero-order valence-electron chi connectivity index (χ0n) is 9.79. The van der Waals surface area contributed by atoms with E-state index in [9.17, 15) is 26.7 Å². The molecule has 0 spiro atoms. The molecule has 0 saturated heterocycles. The molecule has 0 saturated carbocycles. The second-order valence-corrected chi connectivity index (χ2v) is 3.56. The number of para-hydroxylation sites is 1. The monoisotopic (exact) mass is 300 g/mol. The van der Waals surface area contributed by atoms with Crippen molar-refractivity contribution in [2.75, 3.05) is 0 Å². The minimum absolute atomic E-state index is 0.192. The highest BCUT2D eigenvalue weighted by Crippen LogP contribution is 2.37. The number of carbonyl (C=O) groups is 1. The number of hydrogen-bond donors (Lipinski definition) is 1. The first-order valence-corrected chi connectivity index (χ1v) is 5.23. The van der Waals surface area contributed by atoms with Crippen molar-refractivity contribution in [1.82, 2.24) is 0 Å². The van der Waals surface area contributed by atoms with Gasteiger partial charge in [-0.1, -0.05) is 12.1 Å². The standard InChI is InChI=1S/C11H9F5O4/c12-10(13)19-7-3-1-2-6(4-5-8(17)18)9(7)20-11(14,15)16/h1-3,10H,4-5H2,(H,17,18). The number of carboxylic acids is 1. The molecule has 0 bridgehead atoms. The van der Waals surface area contributed by atoms with Gasteiger partial charge in [-0.2, -0.15) is 8.78 Å². The second kappa shape index (κ2) is 6.40. The fourth-order valence-corrected chi connectivity index (χ4v) is 1.42. The highest BCUT2D eigenvalue weighted by Gasteiger charge is 2.34. The summed E-state index contributed by atoms with van der Waals surface area (Å²) >= 11 is 0. The maximum Gasteiger partial charge on any atom is 0.573 e. The summed E-state index contributed by atoms with van der Waals surface area (Å²) in [6, 6.07) is 3.18. The van der Waals surface area contributed by atoms with Gasteiger partial charge in [0, 0.05) is 6.42 Å². The van der Waals surface area contributed by atoms with E-state index < -0.39 is 36.9 Å². The molecule has 112 valence electrons. The molecule has 4 nitrogen and oxygen atoms in total. The van der Waals surface area contributed by atoms with Gasteiger partial charge < -0.3 is 14.6 Å². The van der Waals surface area contributed by atoms with Crippen LogP contribution in [-0.2, 0) is 11.2 Å². The van der Waals surface area contributed by atoms with Crippen molar-refractivity contribution in [2.45, 2.75) is 25.8 Å². The van der Waals surface area contributed by atoms with Gasteiger partial charge in [0.2, 0.25) is 0 Å². The van der Waals surface area contributed by atoms with Gasteiger partial charge >= 0.3 is 18.9 Å². The third-order valence-electron chi connectivity index (χ3n) is 2.10. The summed E-state index contributed by atoms with van der Waals surface area (Å²) in [7, 11) is 0. The van der Waals surface area contributed by atoms with Crippen molar-refractivity contribution < 1.29 is 41.3 Å². The molecule has 0 radical (unpaired) electrons. The lowest BCUT2D eigenvalue weighted by Gasteiger charge is -2.16. The normalized spacial score (nSPS) is 11.5. The summed E-state index contributed by atoms with van der Waals surface area (Å²) in [6.07, 6.45) is -5.91. The molecular weight excluding hydrogens is 291 g/mol. The first-order chi connectivity index (χ1) is 9.19. The lowest BCUT2D eigenvalue weighted by molar-refractivity contribution is -0.275. The Kier molecular flexibility index (Phi) is 5.12. The average molecular weight is 300 g/mol. The SMILES string of the molecule is O=C(O)CCc1cccc(OC(F)F)c1OC(F)(F)F. The Bertz CT molecular complexity index is 472. The van der Waals surface area contributed by atoms with Crippen molar-refractivity contribution in [1.29, 1.82) is 0 Å². The van der Waals surface area contributed by atoms with Crippen LogP contribution in [0.15, 0.2) is 18.2 Å². The van der Waals surface area contributed by atoms with Gasteiger partial charge in [-0.3, -0.25) is 4.79 Å². The Morgan fingerprint density at radius 3 is 2.45 bits per heavy atom. The summed E-state index contributed by atoms with van der Waals surface area (Å²) in [6.45, 7) is -3.33. The number of carboxylic acid groups (broad SMARTS) is 1. The largest absolute Gasteiger partial charge is 0.573 e. The molecule has 1 N–H and O–H groups in total. The zero-order valence-corrected chi connectivity index (χ0v) is 9.79. The summed E-state index contributed by atoms with van der Waals surface area (Å²) in [5, 5.41) is 8.50. The number of aliphatic carboxylic acids is 1. The quantitative estimate of drug-likeness (QED) is 0.820. The highest BCUT2D eigenvalue weighted by atomic mass is 19.4. The molecule has 0 fully saturated rings. The molecule has 0 aromatic heterocycles. The number of aryl methyl sites for hydroxylation is 1. The summed E-state index contributed by atoms with van der Waals surface area (Å²) in [5.74, 6) is -3.01. The molecule has 20 heavy (non-hydrogen) atoms. The Morgan fingerprint density at radius 2 is 1.95 bits per heavy atom. The minimum Gasteiger partial charge on any atom is -0.481 e. The first kappa shape index (κ1) is 16.0. The molecule has 1 rings (SSSR count). The van der Waals surface area contributed by atoms with Crippen LogP contribution in [0.1, 0.15) is 12.0 Å². The van der Waals surface area contributed by atoms with E-state index >= 15 is 0 Å². The molecule has 0 aliphatic carbocycles. The van der Waals surface area contributed by atoms with Crippen molar-refractivity contribution in [2.24, 2.45) is 0 Å². The lowest BCUT2D eigenvalue weighted by Crippen LogP contribution is -2.19. The molecule has 9 heteroatoms. The zero-order chi connectivity index (χ0) is 15.3. The van der Waals surface area contributed by atoms with E-state index in [2.05, 4.69) is 9.47 Å². The van der Waals surface area contributed by atoms with Gasteiger partial charge in [-0.05, 0) is 18.1 Å². The fraction of sp³-hybridized carbons (Fsp3) is 0.364. The topological polar surface area (TPSA) is 55.8 Å². The molecule has 0 atom stereocenters. The highest BCUT2D eigenvalue weighted by molar-refractivity contribution is 5.67. The van der Waals surface area contributed by atoms with Gasteiger partial charge in [0.1, 0.15) is 0 Å². The van der Waals surface area contributed by atoms with Crippen LogP contribution in [0.4, 0.5) is 22.0 Å². The van der Waals surface area contributed by atoms with Gasteiger partial charge in [0.05, 0.1) is 0 Å². The molecular formula is C11H9F5O4. The van der Waals surface area contributed by atoms with Gasteiger partial charge in [0.15, 0.2) is 11.5 Å². The molecule has 0 aliphatic rings. The predicted molar refractivity (Wildman–Crippen MR) is 55.7 cm³/mol. The summed E-state index contributed by atoms with van der Waals surface area (Å²) in [5.41, 5.74) is -0.192. The van der Waals surface area contributed by atoms with E-state index in [1.165, 1.54) is 0 Å². The van der Waals surface area contributed by atoms with E-state index in [4.69, 9.17) is 5.11 Å². The van der Waals surface area contributed by atoms with Crippen LogP contribution in [0.2, 0.25) is 0 Å². The molecule has 0 heterocycles. The smallest absolute Gasteiger partial charge is 0.481 e. The Balaban J connectivity index is 3.10. The maximum atomic E-state index is 12.3. The number of halogens is 5. The fourth-order valence-electron chi connectivity index (χ4n) is 1.42. The minimum atomic E-state index is -5.11. The van der Waals surface area contributed by atoms with Crippen LogP contribution in [-0.4, -0.2) is 24.0 Å². The number of hydrogen-bond acceptors (Lipinski definition) is 3. The Hall–Kier alpha value is -2.06. The first-order valence-electron chi connectivity index (χ1n) is 5.23. The van der Waals surface area contributed by atoms with Crippen LogP contribution in [0.5, 0.6) is 11.5 Å². The van der Waals surface area contributed by atoms with Crippen molar-refractivity contribution in [3.63, 3.8) is 0 Å². The number of ether oxygens (including phenoxy) is 2. The number of alkyl halides is 5. The van der Waals surface area contributed by atoms with Crippen LogP contribution in [0, 0.1) is 0 Å². The molecule has 0 unspecified atom stereocenters. The molecule has 1 aromatic carbocycles. The van der Waals surface area contributed by atoms with Crippen molar-refractivity contribution in [3.05, 3.63) is 23.8 Å². The maximum absolute atomic E-state index is 12.3. The Labute approximate surface area is 109 Å².